The van der Waals surface area contributed by atoms with E-state index < -0.39 is 5.97 Å². The lowest BCUT2D eigenvalue weighted by Gasteiger charge is -2.05. The predicted molar refractivity (Wildman–Crippen MR) is 62.5 cm³/mol. The summed E-state index contributed by atoms with van der Waals surface area (Å²) in [7, 11) is 1.91. The molecule has 0 aromatic carbocycles. The van der Waals surface area contributed by atoms with Crippen LogP contribution < -0.4 is 0 Å². The molecule has 0 radical (unpaired) electrons. The van der Waals surface area contributed by atoms with Gasteiger partial charge in [-0.25, -0.2) is 9.97 Å². The number of aryl methyl sites for hydroxylation is 2. The third kappa shape index (κ3) is 2.50. The van der Waals surface area contributed by atoms with Crippen molar-refractivity contribution in [3.05, 3.63) is 36.0 Å². The van der Waals surface area contributed by atoms with E-state index in [-0.39, 0.29) is 6.42 Å². The van der Waals surface area contributed by atoms with Crippen molar-refractivity contribution in [2.75, 3.05) is 0 Å². The van der Waals surface area contributed by atoms with Crippen molar-refractivity contribution >= 4 is 5.97 Å². The minimum Gasteiger partial charge on any atom is -0.481 e. The highest BCUT2D eigenvalue weighted by atomic mass is 16.4. The third-order valence-corrected chi connectivity index (χ3v) is 2.43. The molecule has 0 spiro atoms. The van der Waals surface area contributed by atoms with Gasteiger partial charge in [-0.3, -0.25) is 4.79 Å². The second kappa shape index (κ2) is 4.37. The normalized spacial score (nSPS) is 10.5. The third-order valence-electron chi connectivity index (χ3n) is 2.43. The minimum atomic E-state index is -0.880. The van der Waals surface area contributed by atoms with Crippen LogP contribution in [0.1, 0.15) is 11.4 Å². The average Bonchev–Trinajstić information content (AvgIpc) is 2.67. The van der Waals surface area contributed by atoms with E-state index in [1.807, 2.05) is 30.1 Å². The van der Waals surface area contributed by atoms with Crippen LogP contribution in [0.4, 0.5) is 0 Å². The highest BCUT2D eigenvalue weighted by Crippen LogP contribution is 2.21. The second-order valence-corrected chi connectivity index (χ2v) is 3.93. The molecule has 5 nitrogen and oxygen atoms in total. The van der Waals surface area contributed by atoms with Crippen LogP contribution in [0.15, 0.2) is 24.7 Å². The van der Waals surface area contributed by atoms with Crippen LogP contribution >= 0.6 is 0 Å². The molecule has 2 rings (SSSR count). The topological polar surface area (TPSA) is 68.0 Å². The van der Waals surface area contributed by atoms with Crippen LogP contribution in [0.5, 0.6) is 0 Å². The molecular weight excluding hydrogens is 218 g/mol. The SMILES string of the molecule is Cc1ncc(CC(=O)O)c(-c2ccn(C)c2)n1. The van der Waals surface area contributed by atoms with Gasteiger partial charge in [0, 0.05) is 36.8 Å². The van der Waals surface area contributed by atoms with E-state index in [1.54, 1.807) is 13.1 Å². The first kappa shape index (κ1) is 11.3. The van der Waals surface area contributed by atoms with Gasteiger partial charge >= 0.3 is 5.97 Å². The first-order valence-corrected chi connectivity index (χ1v) is 5.23. The van der Waals surface area contributed by atoms with E-state index in [2.05, 4.69) is 9.97 Å². The summed E-state index contributed by atoms with van der Waals surface area (Å²) >= 11 is 0. The quantitative estimate of drug-likeness (QED) is 0.867. The fraction of sp³-hybridized carbons (Fsp3) is 0.250. The van der Waals surface area contributed by atoms with Crippen molar-refractivity contribution in [3.63, 3.8) is 0 Å². The van der Waals surface area contributed by atoms with Crippen molar-refractivity contribution in [2.45, 2.75) is 13.3 Å². The average molecular weight is 231 g/mol. The summed E-state index contributed by atoms with van der Waals surface area (Å²) in [6.07, 6.45) is 5.33. The Balaban J connectivity index is 2.50. The number of carboxylic acid groups (broad SMARTS) is 1. The lowest BCUT2D eigenvalue weighted by molar-refractivity contribution is -0.136. The molecule has 2 heterocycles. The number of hydrogen-bond donors (Lipinski definition) is 1. The highest BCUT2D eigenvalue weighted by Gasteiger charge is 2.12. The summed E-state index contributed by atoms with van der Waals surface area (Å²) in [6.45, 7) is 1.79. The van der Waals surface area contributed by atoms with Crippen molar-refractivity contribution in [1.82, 2.24) is 14.5 Å². The molecule has 0 saturated carbocycles. The summed E-state index contributed by atoms with van der Waals surface area (Å²) < 4.78 is 1.90. The van der Waals surface area contributed by atoms with Gasteiger partial charge in [0.25, 0.3) is 0 Å². The second-order valence-electron chi connectivity index (χ2n) is 3.93. The molecule has 0 saturated heterocycles. The van der Waals surface area contributed by atoms with Gasteiger partial charge in [-0.1, -0.05) is 0 Å². The number of aliphatic carboxylic acids is 1. The van der Waals surface area contributed by atoms with Gasteiger partial charge in [0.1, 0.15) is 5.82 Å². The molecule has 1 N–H and O–H groups in total. The zero-order valence-corrected chi connectivity index (χ0v) is 9.71. The smallest absolute Gasteiger partial charge is 0.307 e. The molecule has 0 aliphatic carbocycles. The first-order chi connectivity index (χ1) is 8.06. The molecule has 2 aromatic heterocycles. The van der Waals surface area contributed by atoms with Crippen LogP contribution in [0.3, 0.4) is 0 Å². The van der Waals surface area contributed by atoms with E-state index in [1.165, 1.54) is 0 Å². The Hall–Kier alpha value is -2.17. The maximum atomic E-state index is 10.8. The predicted octanol–water partition coefficient (Wildman–Crippen LogP) is 1.42. The summed E-state index contributed by atoms with van der Waals surface area (Å²) in [5.41, 5.74) is 2.24. The maximum Gasteiger partial charge on any atom is 0.307 e. The van der Waals surface area contributed by atoms with Gasteiger partial charge in [-0.05, 0) is 13.0 Å². The largest absolute Gasteiger partial charge is 0.481 e. The molecule has 0 unspecified atom stereocenters. The number of carbonyl (C=O) groups is 1. The van der Waals surface area contributed by atoms with E-state index >= 15 is 0 Å². The molecule has 0 bridgehead atoms. The summed E-state index contributed by atoms with van der Waals surface area (Å²) in [5, 5.41) is 8.85. The molecule has 0 aliphatic rings. The van der Waals surface area contributed by atoms with Gasteiger partial charge in [-0.2, -0.15) is 0 Å². The van der Waals surface area contributed by atoms with E-state index in [0.29, 0.717) is 17.1 Å². The molecule has 88 valence electrons. The highest BCUT2D eigenvalue weighted by molar-refractivity contribution is 5.74. The fourth-order valence-corrected chi connectivity index (χ4v) is 1.68. The van der Waals surface area contributed by atoms with E-state index in [9.17, 15) is 4.79 Å². The van der Waals surface area contributed by atoms with Crippen molar-refractivity contribution in [3.8, 4) is 11.3 Å². The Morgan fingerprint density at radius 1 is 1.53 bits per heavy atom. The molecule has 0 atom stereocenters. The molecule has 0 fully saturated rings. The standard InChI is InChI=1S/C12H13N3O2/c1-8-13-6-10(5-11(16)17)12(14-8)9-3-4-15(2)7-9/h3-4,6-7H,5H2,1-2H3,(H,16,17). The molecule has 2 aromatic rings. The number of rotatable bonds is 3. The van der Waals surface area contributed by atoms with Gasteiger partial charge in [0.05, 0.1) is 12.1 Å². The van der Waals surface area contributed by atoms with Crippen LogP contribution in [-0.4, -0.2) is 25.6 Å². The number of nitrogens with zero attached hydrogens (tertiary/aromatic N) is 3. The molecule has 17 heavy (non-hydrogen) atoms. The zero-order chi connectivity index (χ0) is 12.4. The lowest BCUT2D eigenvalue weighted by Crippen LogP contribution is -2.05. The molecule has 0 aliphatic heterocycles. The zero-order valence-electron chi connectivity index (χ0n) is 9.71. The van der Waals surface area contributed by atoms with Crippen molar-refractivity contribution < 1.29 is 9.90 Å². The van der Waals surface area contributed by atoms with E-state index in [4.69, 9.17) is 5.11 Å². The van der Waals surface area contributed by atoms with Gasteiger partial charge in [0.15, 0.2) is 0 Å². The maximum absolute atomic E-state index is 10.8. The van der Waals surface area contributed by atoms with Gasteiger partial charge in [0.2, 0.25) is 0 Å². The first-order valence-electron chi connectivity index (χ1n) is 5.23. The van der Waals surface area contributed by atoms with Crippen LogP contribution in [0.25, 0.3) is 11.3 Å². The monoisotopic (exact) mass is 231 g/mol. The number of carboxylic acids is 1. The summed E-state index contributed by atoms with van der Waals surface area (Å²) in [6, 6.07) is 1.91. The van der Waals surface area contributed by atoms with Crippen LogP contribution in [0.2, 0.25) is 0 Å². The Morgan fingerprint density at radius 2 is 2.29 bits per heavy atom. The summed E-state index contributed by atoms with van der Waals surface area (Å²) in [5.74, 6) is -0.243. The minimum absolute atomic E-state index is 0.0650. The molecule has 5 heteroatoms. The van der Waals surface area contributed by atoms with E-state index in [0.717, 1.165) is 5.56 Å². The molecule has 0 amide bonds. The van der Waals surface area contributed by atoms with Crippen LogP contribution in [-0.2, 0) is 18.3 Å². The number of hydrogen-bond acceptors (Lipinski definition) is 3. The van der Waals surface area contributed by atoms with Crippen LogP contribution in [0, 0.1) is 6.92 Å². The lowest BCUT2D eigenvalue weighted by atomic mass is 10.1. The van der Waals surface area contributed by atoms with Gasteiger partial charge < -0.3 is 9.67 Å². The Kier molecular flexibility index (Phi) is 2.91. The Bertz CT molecular complexity index is 561. The van der Waals surface area contributed by atoms with Crippen molar-refractivity contribution in [2.24, 2.45) is 7.05 Å². The fourth-order valence-electron chi connectivity index (χ4n) is 1.68. The van der Waals surface area contributed by atoms with Gasteiger partial charge in [-0.15, -0.1) is 0 Å². The number of aromatic nitrogens is 3. The molecular formula is C12H13N3O2. The Morgan fingerprint density at radius 3 is 2.88 bits per heavy atom. The van der Waals surface area contributed by atoms with Crippen molar-refractivity contribution in [1.29, 1.82) is 0 Å². The Labute approximate surface area is 98.8 Å². The summed E-state index contributed by atoms with van der Waals surface area (Å²) in [4.78, 5) is 19.1.